The number of aromatic nitrogens is 3. The topological polar surface area (TPSA) is 76.9 Å². The van der Waals surface area contributed by atoms with Crippen molar-refractivity contribution in [2.45, 2.75) is 13.8 Å². The molecule has 9 heteroatoms. The molecule has 0 aliphatic rings. The van der Waals surface area contributed by atoms with E-state index >= 15 is 0 Å². The van der Waals surface area contributed by atoms with E-state index in [4.69, 9.17) is 0 Å². The predicted molar refractivity (Wildman–Crippen MR) is 105 cm³/mol. The van der Waals surface area contributed by atoms with Crippen LogP contribution in [-0.2, 0) is 0 Å². The van der Waals surface area contributed by atoms with Gasteiger partial charge in [0.2, 0.25) is 0 Å². The Labute approximate surface area is 160 Å². The van der Waals surface area contributed by atoms with Crippen LogP contribution in [0.5, 0.6) is 0 Å². The number of carbonyl (C=O) groups excluding carboxylic acids is 1. The normalized spacial score (nSPS) is 11.1. The minimum absolute atomic E-state index is 0.326. The first-order valence-corrected chi connectivity index (χ1v) is 9.65. The van der Waals surface area contributed by atoms with Gasteiger partial charge < -0.3 is 0 Å². The van der Waals surface area contributed by atoms with Crippen LogP contribution in [0.1, 0.15) is 21.2 Å². The number of hydrogen-bond acceptors (Lipinski definition) is 6. The number of benzene rings is 1. The van der Waals surface area contributed by atoms with E-state index in [0.29, 0.717) is 31.6 Å². The van der Waals surface area contributed by atoms with Crippen molar-refractivity contribution in [1.29, 1.82) is 0 Å². The zero-order valence-corrected chi connectivity index (χ0v) is 15.9. The third kappa shape index (κ3) is 3.15. The third-order valence-corrected chi connectivity index (χ3v) is 5.98. The number of hydrogen-bond donors (Lipinski definition) is 1. The van der Waals surface area contributed by atoms with E-state index in [0.717, 1.165) is 10.2 Å². The van der Waals surface area contributed by atoms with Crippen LogP contribution in [0.3, 0.4) is 0 Å². The number of thiophene rings is 1. The molecule has 0 spiro atoms. The van der Waals surface area contributed by atoms with Crippen molar-refractivity contribution >= 4 is 38.8 Å². The number of aryl methyl sites for hydroxylation is 2. The molecule has 0 saturated carbocycles. The SMILES string of the molecule is Cc1nc(-c2ccc(F)cc2)sc1C(=O)Nn1c(C)nc2sccc2c1=O. The fourth-order valence-corrected chi connectivity index (χ4v) is 4.38. The van der Waals surface area contributed by atoms with Crippen LogP contribution in [0.4, 0.5) is 4.39 Å². The summed E-state index contributed by atoms with van der Waals surface area (Å²) in [6.07, 6.45) is 0. The van der Waals surface area contributed by atoms with Gasteiger partial charge in [-0.3, -0.25) is 15.0 Å². The van der Waals surface area contributed by atoms with Crippen LogP contribution in [-0.4, -0.2) is 20.6 Å². The van der Waals surface area contributed by atoms with Gasteiger partial charge in [0.15, 0.2) is 0 Å². The lowest BCUT2D eigenvalue weighted by Crippen LogP contribution is -2.35. The summed E-state index contributed by atoms with van der Waals surface area (Å²) in [5.41, 5.74) is 3.54. The highest BCUT2D eigenvalue weighted by molar-refractivity contribution is 7.17. The number of amides is 1. The van der Waals surface area contributed by atoms with Crippen molar-refractivity contribution in [3.8, 4) is 10.6 Å². The highest BCUT2D eigenvalue weighted by atomic mass is 32.1. The molecule has 0 aliphatic carbocycles. The largest absolute Gasteiger partial charge is 0.282 e. The summed E-state index contributed by atoms with van der Waals surface area (Å²) < 4.78 is 14.2. The van der Waals surface area contributed by atoms with E-state index in [-0.39, 0.29) is 11.4 Å². The third-order valence-electron chi connectivity index (χ3n) is 3.97. The second-order valence-corrected chi connectivity index (χ2v) is 7.71. The molecule has 0 aliphatic heterocycles. The van der Waals surface area contributed by atoms with Gasteiger partial charge in [-0.2, -0.15) is 0 Å². The van der Waals surface area contributed by atoms with Gasteiger partial charge >= 0.3 is 0 Å². The molecule has 4 rings (SSSR count). The molecular weight excluding hydrogens is 387 g/mol. The molecule has 1 amide bonds. The molecule has 1 aromatic carbocycles. The minimum atomic E-state index is -0.444. The second-order valence-electron chi connectivity index (χ2n) is 5.82. The highest BCUT2D eigenvalue weighted by Gasteiger charge is 2.19. The average Bonchev–Trinajstić information content (AvgIpc) is 3.25. The molecular formula is C18H13FN4O2S2. The second kappa shape index (κ2) is 6.67. The van der Waals surface area contributed by atoms with Crippen LogP contribution in [0, 0.1) is 19.7 Å². The van der Waals surface area contributed by atoms with Gasteiger partial charge in [0.05, 0.1) is 11.1 Å². The summed E-state index contributed by atoms with van der Waals surface area (Å²) in [6, 6.07) is 7.59. The van der Waals surface area contributed by atoms with Crippen molar-refractivity contribution in [2.75, 3.05) is 5.43 Å². The monoisotopic (exact) mass is 400 g/mol. The van der Waals surface area contributed by atoms with Gasteiger partial charge in [-0.25, -0.2) is 19.0 Å². The maximum absolute atomic E-state index is 13.1. The molecule has 136 valence electrons. The molecule has 0 saturated heterocycles. The Balaban J connectivity index is 1.68. The van der Waals surface area contributed by atoms with Crippen LogP contribution in [0.2, 0.25) is 0 Å². The van der Waals surface area contributed by atoms with Gasteiger partial charge in [-0.1, -0.05) is 0 Å². The van der Waals surface area contributed by atoms with Crippen LogP contribution >= 0.6 is 22.7 Å². The molecule has 0 radical (unpaired) electrons. The van der Waals surface area contributed by atoms with Gasteiger partial charge in [0.25, 0.3) is 11.5 Å². The number of thiazole rings is 1. The summed E-state index contributed by atoms with van der Waals surface area (Å²) >= 11 is 2.56. The Hall–Kier alpha value is -2.91. The Kier molecular flexibility index (Phi) is 4.33. The number of carbonyl (C=O) groups is 1. The lowest BCUT2D eigenvalue weighted by molar-refractivity contribution is 0.101. The summed E-state index contributed by atoms with van der Waals surface area (Å²) in [5.74, 6) is -0.389. The number of nitrogens with one attached hydrogen (secondary N) is 1. The number of nitrogens with zero attached hydrogens (tertiary/aromatic N) is 3. The number of rotatable bonds is 3. The Morgan fingerprint density at radius 1 is 1.15 bits per heavy atom. The summed E-state index contributed by atoms with van der Waals surface area (Å²) in [5, 5.41) is 2.85. The lowest BCUT2D eigenvalue weighted by atomic mass is 10.2. The van der Waals surface area contributed by atoms with Crippen LogP contribution in [0.25, 0.3) is 20.8 Å². The molecule has 0 bridgehead atoms. The Bertz CT molecular complexity index is 1220. The van der Waals surface area contributed by atoms with Gasteiger partial charge in [0, 0.05) is 5.56 Å². The Morgan fingerprint density at radius 3 is 2.63 bits per heavy atom. The highest BCUT2D eigenvalue weighted by Crippen LogP contribution is 2.28. The predicted octanol–water partition coefficient (Wildman–Crippen LogP) is 3.72. The molecule has 4 aromatic rings. The van der Waals surface area contributed by atoms with Crippen molar-refractivity contribution in [1.82, 2.24) is 14.6 Å². The van der Waals surface area contributed by atoms with E-state index in [1.165, 1.54) is 34.8 Å². The molecule has 0 atom stereocenters. The maximum Gasteiger partial charge on any atom is 0.282 e. The fourth-order valence-electron chi connectivity index (χ4n) is 2.62. The van der Waals surface area contributed by atoms with Gasteiger partial charge in [-0.05, 0) is 49.6 Å². The van der Waals surface area contributed by atoms with E-state index in [9.17, 15) is 14.0 Å². The quantitative estimate of drug-likeness (QED) is 0.569. The van der Waals surface area contributed by atoms with Gasteiger partial charge in [-0.15, -0.1) is 22.7 Å². The lowest BCUT2D eigenvalue weighted by Gasteiger charge is -2.10. The first-order valence-electron chi connectivity index (χ1n) is 7.95. The number of fused-ring (bicyclic) bond motifs is 1. The van der Waals surface area contributed by atoms with Crippen molar-refractivity contribution in [3.63, 3.8) is 0 Å². The molecule has 6 nitrogen and oxygen atoms in total. The molecule has 1 N–H and O–H groups in total. The first-order chi connectivity index (χ1) is 12.9. The summed E-state index contributed by atoms with van der Waals surface area (Å²) in [7, 11) is 0. The van der Waals surface area contributed by atoms with E-state index in [1.54, 1.807) is 37.4 Å². The molecule has 3 aromatic heterocycles. The smallest absolute Gasteiger partial charge is 0.267 e. The average molecular weight is 400 g/mol. The first kappa shape index (κ1) is 17.5. The van der Waals surface area contributed by atoms with Crippen molar-refractivity contribution < 1.29 is 9.18 Å². The fraction of sp³-hybridized carbons (Fsp3) is 0.111. The van der Waals surface area contributed by atoms with Gasteiger partial charge in [0.1, 0.15) is 26.4 Å². The summed E-state index contributed by atoms with van der Waals surface area (Å²) in [6.45, 7) is 3.37. The van der Waals surface area contributed by atoms with Crippen LogP contribution in [0.15, 0.2) is 40.5 Å². The molecule has 27 heavy (non-hydrogen) atoms. The van der Waals surface area contributed by atoms with Crippen molar-refractivity contribution in [3.05, 3.63) is 68.3 Å². The minimum Gasteiger partial charge on any atom is -0.267 e. The van der Waals surface area contributed by atoms with Crippen LogP contribution < -0.4 is 11.0 Å². The standard InChI is InChI=1S/C18H13FN4O2S2/c1-9-14(27-16(20-9)11-3-5-12(19)6-4-11)15(24)22-23-10(2)21-17-13(18(23)25)7-8-26-17/h3-8H,1-2H3,(H,22,24). The summed E-state index contributed by atoms with van der Waals surface area (Å²) in [4.78, 5) is 35.1. The molecule has 0 unspecified atom stereocenters. The van der Waals surface area contributed by atoms with E-state index in [1.807, 2.05) is 0 Å². The van der Waals surface area contributed by atoms with E-state index in [2.05, 4.69) is 15.4 Å². The zero-order chi connectivity index (χ0) is 19.1. The van der Waals surface area contributed by atoms with E-state index < -0.39 is 5.91 Å². The zero-order valence-electron chi connectivity index (χ0n) is 14.3. The Morgan fingerprint density at radius 2 is 1.89 bits per heavy atom. The maximum atomic E-state index is 13.1. The number of halogens is 1. The van der Waals surface area contributed by atoms with Crippen molar-refractivity contribution in [2.24, 2.45) is 0 Å². The molecule has 3 heterocycles. The molecule has 0 fully saturated rings.